The molecule has 1 N–H and O–H groups in total. The van der Waals surface area contributed by atoms with Crippen LogP contribution >= 0.6 is 11.3 Å². The Kier molecular flexibility index (Phi) is 5.33. The van der Waals surface area contributed by atoms with Crippen molar-refractivity contribution in [1.82, 2.24) is 10.3 Å². The maximum atomic E-state index is 5.10. The van der Waals surface area contributed by atoms with E-state index in [9.17, 15) is 0 Å². The number of aryl methyl sites for hydroxylation is 1. The third-order valence-corrected chi connectivity index (χ3v) is 6.61. The molecule has 0 bridgehead atoms. The summed E-state index contributed by atoms with van der Waals surface area (Å²) >= 11 is 2.03. The summed E-state index contributed by atoms with van der Waals surface area (Å²) in [4.78, 5) is 6.68. The van der Waals surface area contributed by atoms with E-state index < -0.39 is 0 Å². The molecular weight excluding hydrogens is 276 g/mol. The van der Waals surface area contributed by atoms with Crippen LogP contribution in [0.4, 0.5) is 0 Å². The van der Waals surface area contributed by atoms with Crippen molar-refractivity contribution in [2.24, 2.45) is 5.92 Å². The van der Waals surface area contributed by atoms with Gasteiger partial charge >= 0.3 is 0 Å². The van der Waals surface area contributed by atoms with Gasteiger partial charge in [-0.25, -0.2) is 4.98 Å². The lowest BCUT2D eigenvalue weighted by atomic mass is 9.80. The number of fused-ring (bicyclic) bond motifs is 1. The van der Waals surface area contributed by atoms with Crippen LogP contribution in [0.3, 0.4) is 0 Å². The van der Waals surface area contributed by atoms with E-state index in [4.69, 9.17) is 4.98 Å². The number of nitrogens with one attached hydrogen (secondary N) is 1. The molecule has 1 heterocycles. The highest BCUT2D eigenvalue weighted by Gasteiger charge is 2.28. The zero-order valence-corrected chi connectivity index (χ0v) is 14.5. The minimum absolute atomic E-state index is 0.528. The van der Waals surface area contributed by atoms with Gasteiger partial charge in [0.2, 0.25) is 0 Å². The van der Waals surface area contributed by atoms with Crippen LogP contribution in [0.5, 0.6) is 0 Å². The van der Waals surface area contributed by atoms with Crippen molar-refractivity contribution in [2.45, 2.75) is 83.6 Å². The number of hydrogen-bond donors (Lipinski definition) is 1. The van der Waals surface area contributed by atoms with Crippen LogP contribution in [0.15, 0.2) is 0 Å². The van der Waals surface area contributed by atoms with E-state index in [0.29, 0.717) is 6.04 Å². The fourth-order valence-electron chi connectivity index (χ4n) is 4.16. The summed E-state index contributed by atoms with van der Waals surface area (Å²) in [6, 6.07) is 0.528. The molecule has 1 unspecified atom stereocenters. The van der Waals surface area contributed by atoms with Gasteiger partial charge in [0.15, 0.2) is 0 Å². The molecule has 2 aliphatic carbocycles. The Hall–Kier alpha value is -0.410. The highest BCUT2D eigenvalue weighted by Crippen LogP contribution is 2.42. The zero-order chi connectivity index (χ0) is 14.7. The van der Waals surface area contributed by atoms with Gasteiger partial charge in [-0.3, -0.25) is 0 Å². The first-order chi connectivity index (χ1) is 10.3. The van der Waals surface area contributed by atoms with Crippen molar-refractivity contribution in [3.05, 3.63) is 15.6 Å². The average Bonchev–Trinajstić information content (AvgIpc) is 2.94. The summed E-state index contributed by atoms with van der Waals surface area (Å²) in [5.41, 5.74) is 1.40. The van der Waals surface area contributed by atoms with Crippen molar-refractivity contribution in [2.75, 3.05) is 6.54 Å². The summed E-state index contributed by atoms with van der Waals surface area (Å²) < 4.78 is 0. The Bertz CT molecular complexity index is 446. The predicted molar refractivity (Wildman–Crippen MR) is 91.1 cm³/mol. The van der Waals surface area contributed by atoms with E-state index in [-0.39, 0.29) is 0 Å². The summed E-state index contributed by atoms with van der Waals surface area (Å²) in [7, 11) is 0. The zero-order valence-electron chi connectivity index (χ0n) is 13.7. The molecule has 2 nitrogen and oxygen atoms in total. The van der Waals surface area contributed by atoms with Gasteiger partial charge in [-0.2, -0.15) is 0 Å². The molecule has 0 aromatic carbocycles. The molecule has 0 spiro atoms. The van der Waals surface area contributed by atoms with Crippen LogP contribution in [0, 0.1) is 5.92 Å². The lowest BCUT2D eigenvalue weighted by Crippen LogP contribution is -2.24. The van der Waals surface area contributed by atoms with Crippen LogP contribution in [-0.2, 0) is 6.42 Å². The Morgan fingerprint density at radius 3 is 2.67 bits per heavy atom. The minimum Gasteiger partial charge on any atom is -0.309 e. The molecule has 2 aliphatic rings. The van der Waals surface area contributed by atoms with E-state index in [2.05, 4.69) is 19.2 Å². The van der Waals surface area contributed by atoms with Crippen molar-refractivity contribution in [1.29, 1.82) is 0 Å². The number of rotatable bonds is 5. The van der Waals surface area contributed by atoms with Gasteiger partial charge in [0.1, 0.15) is 0 Å². The van der Waals surface area contributed by atoms with Crippen molar-refractivity contribution >= 4 is 11.3 Å². The van der Waals surface area contributed by atoms with Crippen molar-refractivity contribution in [3.63, 3.8) is 0 Å². The molecular formula is C18H30N2S. The second-order valence-electron chi connectivity index (χ2n) is 6.87. The lowest BCUT2D eigenvalue weighted by Gasteiger charge is -2.27. The molecule has 1 saturated carbocycles. The molecule has 118 valence electrons. The topological polar surface area (TPSA) is 24.9 Å². The van der Waals surface area contributed by atoms with Gasteiger partial charge in [0.05, 0.1) is 16.7 Å². The second kappa shape index (κ2) is 7.23. The van der Waals surface area contributed by atoms with Crippen molar-refractivity contribution < 1.29 is 0 Å². The summed E-state index contributed by atoms with van der Waals surface area (Å²) in [5.74, 6) is 1.76. The molecule has 3 rings (SSSR count). The van der Waals surface area contributed by atoms with Gasteiger partial charge in [-0.15, -0.1) is 11.3 Å². The largest absolute Gasteiger partial charge is 0.309 e. The Morgan fingerprint density at radius 2 is 1.95 bits per heavy atom. The number of nitrogens with zero attached hydrogens (tertiary/aromatic N) is 1. The first-order valence-corrected chi connectivity index (χ1v) is 9.86. The molecule has 1 aromatic heterocycles. The maximum absolute atomic E-state index is 5.10. The Labute approximate surface area is 133 Å². The molecule has 21 heavy (non-hydrogen) atoms. The monoisotopic (exact) mass is 306 g/mol. The quantitative estimate of drug-likeness (QED) is 0.808. The van der Waals surface area contributed by atoms with E-state index in [0.717, 1.165) is 18.4 Å². The predicted octanol–water partition coefficient (Wildman–Crippen LogP) is 5.20. The van der Waals surface area contributed by atoms with Gasteiger partial charge in [-0.05, 0) is 57.4 Å². The third-order valence-electron chi connectivity index (χ3n) is 5.31. The summed E-state index contributed by atoms with van der Waals surface area (Å²) in [6.07, 6.45) is 12.3. The standard InChI is InChI=1S/C18H30N2S/c1-3-6-13-9-11-14(12-10-13)18-20-17-15(19-4-2)7-5-8-16(17)21-18/h13-15,19H,3-12H2,1-2H3. The van der Waals surface area contributed by atoms with Crippen molar-refractivity contribution in [3.8, 4) is 0 Å². The fraction of sp³-hybridized carbons (Fsp3) is 0.833. The van der Waals surface area contributed by atoms with Crippen LogP contribution in [0.1, 0.15) is 92.8 Å². The smallest absolute Gasteiger partial charge is 0.0962 e. The number of hydrogen-bond acceptors (Lipinski definition) is 3. The molecule has 0 saturated heterocycles. The molecule has 1 aromatic rings. The first kappa shape index (κ1) is 15.5. The SMILES string of the molecule is CCCC1CCC(c2nc3c(s2)CCCC3NCC)CC1. The lowest BCUT2D eigenvalue weighted by molar-refractivity contribution is 0.307. The van der Waals surface area contributed by atoms with E-state index in [1.807, 2.05) is 11.3 Å². The highest BCUT2D eigenvalue weighted by molar-refractivity contribution is 7.11. The molecule has 3 heteroatoms. The third kappa shape index (κ3) is 3.50. The van der Waals surface area contributed by atoms with Gasteiger partial charge in [-0.1, -0.05) is 26.7 Å². The first-order valence-electron chi connectivity index (χ1n) is 9.04. The summed E-state index contributed by atoms with van der Waals surface area (Å²) in [6.45, 7) is 5.58. The number of thiazole rings is 1. The maximum Gasteiger partial charge on any atom is 0.0962 e. The highest BCUT2D eigenvalue weighted by atomic mass is 32.1. The van der Waals surface area contributed by atoms with Crippen LogP contribution < -0.4 is 5.32 Å². The van der Waals surface area contributed by atoms with E-state index in [1.165, 1.54) is 68.5 Å². The normalized spacial score (nSPS) is 29.3. The molecule has 0 radical (unpaired) electrons. The Morgan fingerprint density at radius 1 is 1.14 bits per heavy atom. The molecule has 0 amide bonds. The second-order valence-corrected chi connectivity index (χ2v) is 7.98. The molecule has 0 aliphatic heterocycles. The van der Waals surface area contributed by atoms with E-state index in [1.54, 1.807) is 4.88 Å². The minimum atomic E-state index is 0.528. The fourth-order valence-corrected chi connectivity index (χ4v) is 5.50. The average molecular weight is 307 g/mol. The van der Waals surface area contributed by atoms with Gasteiger partial charge < -0.3 is 5.32 Å². The van der Waals surface area contributed by atoms with Gasteiger partial charge in [0, 0.05) is 10.8 Å². The van der Waals surface area contributed by atoms with Crippen LogP contribution in [0.2, 0.25) is 0 Å². The molecule has 1 fully saturated rings. The number of aromatic nitrogens is 1. The van der Waals surface area contributed by atoms with Crippen LogP contribution in [0.25, 0.3) is 0 Å². The van der Waals surface area contributed by atoms with Crippen LogP contribution in [-0.4, -0.2) is 11.5 Å². The van der Waals surface area contributed by atoms with E-state index >= 15 is 0 Å². The summed E-state index contributed by atoms with van der Waals surface area (Å²) in [5, 5.41) is 5.08. The molecule has 1 atom stereocenters. The van der Waals surface area contributed by atoms with Gasteiger partial charge in [0.25, 0.3) is 0 Å². The Balaban J connectivity index is 1.67.